The smallest absolute Gasteiger partial charge is 0.257 e. The van der Waals surface area contributed by atoms with Gasteiger partial charge in [0, 0.05) is 19.2 Å². The van der Waals surface area contributed by atoms with Gasteiger partial charge in [-0.15, -0.1) is 0 Å². The number of likely N-dealkylation sites (N-methyl/N-ethyl adjacent to an activating group) is 1. The van der Waals surface area contributed by atoms with Crippen molar-refractivity contribution in [3.05, 3.63) is 41.8 Å². The highest BCUT2D eigenvalue weighted by Crippen LogP contribution is 2.33. The first-order valence-corrected chi connectivity index (χ1v) is 7.29. The Morgan fingerprint density at radius 3 is 2.91 bits per heavy atom. The molecule has 1 saturated carbocycles. The molecule has 0 radical (unpaired) electrons. The van der Waals surface area contributed by atoms with E-state index in [1.165, 1.54) is 17.2 Å². The molecule has 3 rings (SSSR count). The Bertz CT molecular complexity index is 682. The van der Waals surface area contributed by atoms with E-state index in [0.717, 1.165) is 12.8 Å². The van der Waals surface area contributed by atoms with Crippen LogP contribution in [0, 0.1) is 11.7 Å². The molecular formula is C16H18FN3O2. The molecule has 6 heteroatoms. The van der Waals surface area contributed by atoms with Crippen molar-refractivity contribution < 1.29 is 14.3 Å². The van der Waals surface area contributed by atoms with E-state index in [1.54, 1.807) is 25.2 Å². The summed E-state index contributed by atoms with van der Waals surface area (Å²) in [6, 6.07) is 6.23. The van der Waals surface area contributed by atoms with Crippen LogP contribution in [0.5, 0.6) is 0 Å². The summed E-state index contributed by atoms with van der Waals surface area (Å²) in [5.41, 5.74) is 0.964. The van der Waals surface area contributed by atoms with Crippen LogP contribution in [0.2, 0.25) is 0 Å². The molecule has 0 spiro atoms. The zero-order valence-corrected chi connectivity index (χ0v) is 12.3. The lowest BCUT2D eigenvalue weighted by atomic mass is 10.1. The lowest BCUT2D eigenvalue weighted by Crippen LogP contribution is -2.35. The molecule has 5 nitrogen and oxygen atoms in total. The summed E-state index contributed by atoms with van der Waals surface area (Å²) in [5.74, 6) is -0.404. The summed E-state index contributed by atoms with van der Waals surface area (Å²) in [5, 5.41) is 16.5. The number of nitrogens with zero attached hydrogens (tertiary/aromatic N) is 2. The number of carbonyl (C=O) groups is 1. The number of aromatic nitrogens is 2. The van der Waals surface area contributed by atoms with Crippen LogP contribution in [0.15, 0.2) is 30.5 Å². The summed E-state index contributed by atoms with van der Waals surface area (Å²) in [6.45, 7) is 0.269. The molecule has 1 aliphatic rings. The third kappa shape index (κ3) is 2.87. The Kier molecular flexibility index (Phi) is 3.94. The average Bonchev–Trinajstić information content (AvgIpc) is 3.25. The fraction of sp³-hybridized carbons (Fsp3) is 0.375. The molecule has 0 saturated heterocycles. The zero-order valence-electron chi connectivity index (χ0n) is 12.3. The molecule has 0 aliphatic heterocycles. The standard InChI is InChI=1S/C16H18FN3O2/c1-20(9-14(21)10-6-7-10)16(22)12-8-18-19-15(12)11-4-2-3-5-13(11)17/h2-5,8,10,14,21H,6-7,9H2,1H3,(H,18,19). The molecule has 2 N–H and O–H groups in total. The number of hydrogen-bond acceptors (Lipinski definition) is 3. The molecule has 1 aromatic carbocycles. The minimum Gasteiger partial charge on any atom is -0.391 e. The van der Waals surface area contributed by atoms with Crippen LogP contribution < -0.4 is 0 Å². The number of amides is 1. The van der Waals surface area contributed by atoms with E-state index in [1.807, 2.05) is 0 Å². The highest BCUT2D eigenvalue weighted by atomic mass is 19.1. The van der Waals surface area contributed by atoms with Gasteiger partial charge in [0.25, 0.3) is 5.91 Å². The largest absolute Gasteiger partial charge is 0.391 e. The topological polar surface area (TPSA) is 69.2 Å². The Morgan fingerprint density at radius 1 is 1.50 bits per heavy atom. The van der Waals surface area contributed by atoms with Crippen molar-refractivity contribution in [2.24, 2.45) is 5.92 Å². The molecule has 116 valence electrons. The quantitative estimate of drug-likeness (QED) is 0.888. The summed E-state index contributed by atoms with van der Waals surface area (Å²) in [7, 11) is 1.63. The van der Waals surface area contributed by atoms with Crippen LogP contribution in [-0.4, -0.2) is 45.8 Å². The van der Waals surface area contributed by atoms with Crippen LogP contribution >= 0.6 is 0 Å². The normalized spacial score (nSPS) is 15.6. The van der Waals surface area contributed by atoms with E-state index in [9.17, 15) is 14.3 Å². The summed E-state index contributed by atoms with van der Waals surface area (Å²) < 4.78 is 13.9. The molecule has 1 aromatic heterocycles. The van der Waals surface area contributed by atoms with Crippen molar-refractivity contribution in [3.63, 3.8) is 0 Å². The number of benzene rings is 1. The molecule has 1 aliphatic carbocycles. The van der Waals surface area contributed by atoms with Gasteiger partial charge >= 0.3 is 0 Å². The number of H-pyrrole nitrogens is 1. The van der Waals surface area contributed by atoms with Gasteiger partial charge in [0.05, 0.1) is 23.6 Å². The number of carbonyl (C=O) groups excluding carboxylic acids is 1. The van der Waals surface area contributed by atoms with E-state index >= 15 is 0 Å². The van der Waals surface area contributed by atoms with E-state index in [2.05, 4.69) is 10.2 Å². The van der Waals surface area contributed by atoms with Gasteiger partial charge in [-0.25, -0.2) is 4.39 Å². The third-order valence-corrected chi connectivity index (χ3v) is 3.99. The average molecular weight is 303 g/mol. The van der Waals surface area contributed by atoms with Crippen molar-refractivity contribution in [2.75, 3.05) is 13.6 Å². The van der Waals surface area contributed by atoms with Gasteiger partial charge < -0.3 is 10.0 Å². The summed E-state index contributed by atoms with van der Waals surface area (Å²) in [6.07, 6.45) is 2.91. The van der Waals surface area contributed by atoms with Gasteiger partial charge in [-0.2, -0.15) is 5.10 Å². The first-order valence-electron chi connectivity index (χ1n) is 7.29. The number of aromatic amines is 1. The molecule has 1 atom stereocenters. The van der Waals surface area contributed by atoms with Crippen molar-refractivity contribution in [1.29, 1.82) is 0 Å². The maximum Gasteiger partial charge on any atom is 0.257 e. The Labute approximate surface area is 127 Å². The maximum absolute atomic E-state index is 13.9. The molecule has 1 fully saturated rings. The fourth-order valence-electron chi connectivity index (χ4n) is 2.52. The van der Waals surface area contributed by atoms with Gasteiger partial charge in [0.15, 0.2) is 0 Å². The highest BCUT2D eigenvalue weighted by Gasteiger charge is 2.32. The first kappa shape index (κ1) is 14.7. The number of hydrogen-bond donors (Lipinski definition) is 2. The van der Waals surface area contributed by atoms with Crippen LogP contribution in [0.4, 0.5) is 4.39 Å². The fourth-order valence-corrected chi connectivity index (χ4v) is 2.52. The van der Waals surface area contributed by atoms with E-state index in [-0.39, 0.29) is 12.5 Å². The second-order valence-corrected chi connectivity index (χ2v) is 5.73. The third-order valence-electron chi connectivity index (χ3n) is 3.99. The highest BCUT2D eigenvalue weighted by molar-refractivity contribution is 5.99. The molecular weight excluding hydrogens is 285 g/mol. The number of nitrogens with one attached hydrogen (secondary N) is 1. The van der Waals surface area contributed by atoms with E-state index in [4.69, 9.17) is 0 Å². The predicted octanol–water partition coefficient (Wildman–Crippen LogP) is 2.06. The first-order chi connectivity index (χ1) is 10.6. The zero-order chi connectivity index (χ0) is 15.7. The Balaban J connectivity index is 1.81. The van der Waals surface area contributed by atoms with Gasteiger partial charge in [0.1, 0.15) is 5.82 Å². The second-order valence-electron chi connectivity index (χ2n) is 5.73. The molecule has 1 amide bonds. The van der Waals surface area contributed by atoms with Gasteiger partial charge in [0.2, 0.25) is 0 Å². The van der Waals surface area contributed by atoms with Gasteiger partial charge in [-0.1, -0.05) is 12.1 Å². The molecule has 22 heavy (non-hydrogen) atoms. The Hall–Kier alpha value is -2.21. The molecule has 0 bridgehead atoms. The van der Waals surface area contributed by atoms with Crippen molar-refractivity contribution in [2.45, 2.75) is 18.9 Å². The van der Waals surface area contributed by atoms with Crippen LogP contribution in [-0.2, 0) is 0 Å². The van der Waals surface area contributed by atoms with Crippen molar-refractivity contribution in [1.82, 2.24) is 15.1 Å². The van der Waals surface area contributed by atoms with E-state index < -0.39 is 11.9 Å². The Morgan fingerprint density at radius 2 is 2.23 bits per heavy atom. The lowest BCUT2D eigenvalue weighted by molar-refractivity contribution is 0.0646. The van der Waals surface area contributed by atoms with Crippen LogP contribution in [0.1, 0.15) is 23.2 Å². The molecule has 1 unspecified atom stereocenters. The monoisotopic (exact) mass is 303 g/mol. The minimum absolute atomic E-state index is 0.269. The molecule has 2 aromatic rings. The predicted molar refractivity (Wildman–Crippen MR) is 79.7 cm³/mol. The van der Waals surface area contributed by atoms with Crippen LogP contribution in [0.25, 0.3) is 11.3 Å². The maximum atomic E-state index is 13.9. The van der Waals surface area contributed by atoms with Gasteiger partial charge in [-0.05, 0) is 30.9 Å². The van der Waals surface area contributed by atoms with Crippen LogP contribution in [0.3, 0.4) is 0 Å². The summed E-state index contributed by atoms with van der Waals surface area (Å²) in [4.78, 5) is 14.0. The van der Waals surface area contributed by atoms with E-state index in [0.29, 0.717) is 22.7 Å². The second kappa shape index (κ2) is 5.88. The number of aliphatic hydroxyl groups is 1. The summed E-state index contributed by atoms with van der Waals surface area (Å²) >= 11 is 0. The van der Waals surface area contributed by atoms with Crippen molar-refractivity contribution >= 4 is 5.91 Å². The lowest BCUT2D eigenvalue weighted by Gasteiger charge is -2.20. The molecule has 1 heterocycles. The minimum atomic E-state index is -0.502. The number of halogens is 1. The number of rotatable bonds is 5. The number of aliphatic hydroxyl groups excluding tert-OH is 1. The SMILES string of the molecule is CN(CC(O)C1CC1)C(=O)c1cn[nH]c1-c1ccccc1F. The van der Waals surface area contributed by atoms with Crippen molar-refractivity contribution in [3.8, 4) is 11.3 Å². The van der Waals surface area contributed by atoms with Gasteiger partial charge in [-0.3, -0.25) is 9.89 Å².